The summed E-state index contributed by atoms with van der Waals surface area (Å²) in [4.78, 5) is 15.5. The van der Waals surface area contributed by atoms with Crippen LogP contribution >= 0.6 is 23.1 Å². The second-order valence-electron chi connectivity index (χ2n) is 8.35. The molecule has 0 unspecified atom stereocenters. The van der Waals surface area contributed by atoms with E-state index in [2.05, 4.69) is 50.0 Å². The van der Waals surface area contributed by atoms with E-state index in [1.165, 1.54) is 29.4 Å². The predicted octanol–water partition coefficient (Wildman–Crippen LogP) is 6.65. The highest BCUT2D eigenvalue weighted by Gasteiger charge is 2.32. The van der Waals surface area contributed by atoms with Crippen molar-refractivity contribution in [1.29, 1.82) is 0 Å². The summed E-state index contributed by atoms with van der Waals surface area (Å²) < 4.78 is 7.37. The van der Waals surface area contributed by atoms with Crippen LogP contribution < -0.4 is 0 Å². The fourth-order valence-electron chi connectivity index (χ4n) is 4.04. The van der Waals surface area contributed by atoms with Crippen LogP contribution in [0.1, 0.15) is 44.7 Å². The Balaban J connectivity index is 1.77. The van der Waals surface area contributed by atoms with E-state index in [1.54, 1.807) is 17.7 Å². The maximum absolute atomic E-state index is 6.21. The maximum Gasteiger partial charge on any atom is 0.127 e. The standard InChI is InChI=1S/C24H25N3OS2/c1-4-5-11-29-23-21-20(25-14-26-23)18-16-12-24(2,3)28-13-17(16)19(27-22(18)30-21)15-9-7-6-8-10-15/h6-10,14H,4-5,11-13H2,1-3H3. The van der Waals surface area contributed by atoms with Gasteiger partial charge in [0.05, 0.1) is 28.1 Å². The third kappa shape index (κ3) is 3.51. The van der Waals surface area contributed by atoms with Gasteiger partial charge < -0.3 is 4.74 Å². The van der Waals surface area contributed by atoms with E-state index in [0.29, 0.717) is 6.61 Å². The van der Waals surface area contributed by atoms with Crippen molar-refractivity contribution >= 4 is 43.5 Å². The topological polar surface area (TPSA) is 47.9 Å². The van der Waals surface area contributed by atoms with E-state index >= 15 is 0 Å². The van der Waals surface area contributed by atoms with Crippen molar-refractivity contribution < 1.29 is 4.74 Å². The normalized spacial score (nSPS) is 15.6. The molecule has 0 amide bonds. The molecule has 0 aliphatic carbocycles. The van der Waals surface area contributed by atoms with E-state index in [0.717, 1.165) is 43.5 Å². The molecule has 0 radical (unpaired) electrons. The third-order valence-electron chi connectivity index (χ3n) is 5.58. The zero-order valence-electron chi connectivity index (χ0n) is 17.6. The van der Waals surface area contributed by atoms with Gasteiger partial charge in [0.1, 0.15) is 16.2 Å². The van der Waals surface area contributed by atoms with Gasteiger partial charge in [0.25, 0.3) is 0 Å². The first-order valence-corrected chi connectivity index (χ1v) is 12.3. The number of thiophene rings is 1. The summed E-state index contributed by atoms with van der Waals surface area (Å²) in [6.45, 7) is 7.14. The number of benzene rings is 1. The van der Waals surface area contributed by atoms with Gasteiger partial charge in [0.15, 0.2) is 0 Å². The van der Waals surface area contributed by atoms with E-state index in [-0.39, 0.29) is 5.60 Å². The summed E-state index contributed by atoms with van der Waals surface area (Å²) in [5, 5.41) is 2.28. The van der Waals surface area contributed by atoms with Crippen molar-refractivity contribution in [2.24, 2.45) is 0 Å². The fourth-order valence-corrected chi connectivity index (χ4v) is 6.36. The van der Waals surface area contributed by atoms with Crippen LogP contribution in [0, 0.1) is 0 Å². The van der Waals surface area contributed by atoms with Gasteiger partial charge in [0, 0.05) is 22.9 Å². The summed E-state index contributed by atoms with van der Waals surface area (Å²) >= 11 is 3.56. The van der Waals surface area contributed by atoms with Gasteiger partial charge in [-0.2, -0.15) is 0 Å². The molecule has 0 atom stereocenters. The number of hydrogen-bond acceptors (Lipinski definition) is 6. The zero-order valence-corrected chi connectivity index (χ0v) is 19.2. The summed E-state index contributed by atoms with van der Waals surface area (Å²) in [5.74, 6) is 1.08. The molecule has 5 rings (SSSR count). The lowest BCUT2D eigenvalue weighted by molar-refractivity contribution is -0.0394. The average molecular weight is 436 g/mol. The van der Waals surface area contributed by atoms with Crippen molar-refractivity contribution in [3.8, 4) is 11.3 Å². The minimum absolute atomic E-state index is 0.199. The van der Waals surface area contributed by atoms with Gasteiger partial charge in [-0.05, 0) is 31.6 Å². The molecule has 0 saturated carbocycles. The molecule has 1 aliphatic heterocycles. The largest absolute Gasteiger partial charge is 0.370 e. The number of nitrogens with zero attached hydrogens (tertiary/aromatic N) is 3. The first-order chi connectivity index (χ1) is 14.6. The Morgan fingerprint density at radius 1 is 1.13 bits per heavy atom. The smallest absolute Gasteiger partial charge is 0.127 e. The van der Waals surface area contributed by atoms with Crippen LogP contribution in [0.5, 0.6) is 0 Å². The van der Waals surface area contributed by atoms with Crippen LogP contribution in [0.4, 0.5) is 0 Å². The Morgan fingerprint density at radius 3 is 2.77 bits per heavy atom. The number of aromatic nitrogens is 3. The fraction of sp³-hybridized carbons (Fsp3) is 0.375. The molecule has 154 valence electrons. The first kappa shape index (κ1) is 19.9. The molecule has 6 heteroatoms. The van der Waals surface area contributed by atoms with E-state index in [1.807, 2.05) is 17.8 Å². The zero-order chi connectivity index (χ0) is 20.7. The molecule has 0 spiro atoms. The van der Waals surface area contributed by atoms with Gasteiger partial charge in [-0.3, -0.25) is 0 Å². The molecule has 3 aromatic heterocycles. The van der Waals surface area contributed by atoms with E-state index in [9.17, 15) is 0 Å². The second-order valence-corrected chi connectivity index (χ2v) is 10.4. The predicted molar refractivity (Wildman–Crippen MR) is 126 cm³/mol. The van der Waals surface area contributed by atoms with Gasteiger partial charge in [0.2, 0.25) is 0 Å². The van der Waals surface area contributed by atoms with Crippen LogP contribution in [0.15, 0.2) is 41.7 Å². The average Bonchev–Trinajstić information content (AvgIpc) is 3.13. The number of hydrogen-bond donors (Lipinski definition) is 0. The number of ether oxygens (including phenoxy) is 1. The van der Waals surface area contributed by atoms with Gasteiger partial charge >= 0.3 is 0 Å². The van der Waals surface area contributed by atoms with Crippen LogP contribution in [-0.2, 0) is 17.8 Å². The molecule has 4 heterocycles. The molecular weight excluding hydrogens is 410 g/mol. The van der Waals surface area contributed by atoms with Crippen LogP contribution in [-0.4, -0.2) is 26.3 Å². The Hall–Kier alpha value is -2.02. The maximum atomic E-state index is 6.21. The Kier molecular flexibility index (Phi) is 5.25. The molecule has 30 heavy (non-hydrogen) atoms. The monoisotopic (exact) mass is 435 g/mol. The first-order valence-electron chi connectivity index (χ1n) is 10.5. The molecular formula is C24H25N3OS2. The summed E-state index contributed by atoms with van der Waals surface area (Å²) in [7, 11) is 0. The number of pyridine rings is 1. The number of unbranched alkanes of at least 4 members (excludes halogenated alkanes) is 1. The van der Waals surface area contributed by atoms with Crippen LogP contribution in [0.3, 0.4) is 0 Å². The SMILES string of the molecule is CCCCSc1ncnc2c1sc1nc(-c3ccccc3)c3c(c12)CC(C)(C)OC3. The highest BCUT2D eigenvalue weighted by Crippen LogP contribution is 2.44. The second kappa shape index (κ2) is 7.91. The van der Waals surface area contributed by atoms with E-state index < -0.39 is 0 Å². The Bertz CT molecular complexity index is 1220. The number of rotatable bonds is 5. The lowest BCUT2D eigenvalue weighted by Crippen LogP contribution is -2.32. The van der Waals surface area contributed by atoms with Crippen molar-refractivity contribution in [2.75, 3.05) is 5.75 Å². The minimum atomic E-state index is -0.199. The lowest BCUT2D eigenvalue weighted by Gasteiger charge is -2.33. The highest BCUT2D eigenvalue weighted by molar-refractivity contribution is 7.99. The van der Waals surface area contributed by atoms with Crippen LogP contribution in [0.2, 0.25) is 0 Å². The summed E-state index contributed by atoms with van der Waals surface area (Å²) in [5.41, 5.74) is 5.56. The summed E-state index contributed by atoms with van der Waals surface area (Å²) in [6, 6.07) is 10.4. The number of thioether (sulfide) groups is 1. The highest BCUT2D eigenvalue weighted by atomic mass is 32.2. The minimum Gasteiger partial charge on any atom is -0.370 e. The third-order valence-corrected chi connectivity index (χ3v) is 7.86. The Labute approximate surface area is 185 Å². The molecule has 4 aromatic rings. The molecule has 0 saturated heterocycles. The molecule has 0 bridgehead atoms. The molecule has 0 fully saturated rings. The molecule has 4 nitrogen and oxygen atoms in total. The molecule has 0 N–H and O–H groups in total. The lowest BCUT2D eigenvalue weighted by atomic mass is 9.88. The molecule has 1 aromatic carbocycles. The van der Waals surface area contributed by atoms with Crippen molar-refractivity contribution in [1.82, 2.24) is 15.0 Å². The van der Waals surface area contributed by atoms with E-state index in [4.69, 9.17) is 14.7 Å². The van der Waals surface area contributed by atoms with Gasteiger partial charge in [-0.25, -0.2) is 15.0 Å². The number of fused-ring (bicyclic) bond motifs is 5. The van der Waals surface area contributed by atoms with Crippen LogP contribution in [0.25, 0.3) is 31.7 Å². The van der Waals surface area contributed by atoms with Crippen molar-refractivity contribution in [2.45, 2.75) is 57.3 Å². The van der Waals surface area contributed by atoms with Gasteiger partial charge in [-0.15, -0.1) is 23.1 Å². The summed E-state index contributed by atoms with van der Waals surface area (Å²) in [6.07, 6.45) is 4.96. The van der Waals surface area contributed by atoms with Crippen molar-refractivity contribution in [3.63, 3.8) is 0 Å². The van der Waals surface area contributed by atoms with Crippen molar-refractivity contribution in [3.05, 3.63) is 47.8 Å². The molecule has 1 aliphatic rings. The Morgan fingerprint density at radius 2 is 1.97 bits per heavy atom. The van der Waals surface area contributed by atoms with Gasteiger partial charge in [-0.1, -0.05) is 43.7 Å². The quantitative estimate of drug-likeness (QED) is 0.199.